The molecule has 1 aromatic carbocycles. The van der Waals surface area contributed by atoms with E-state index < -0.39 is 5.60 Å². The van der Waals surface area contributed by atoms with Crippen LogP contribution >= 0.6 is 24.8 Å². The maximum atomic E-state index is 12.9. The zero-order chi connectivity index (χ0) is 25.6. The Morgan fingerprint density at radius 3 is 2.59 bits per heavy atom. The van der Waals surface area contributed by atoms with Crippen LogP contribution in [0.2, 0.25) is 0 Å². The molecule has 1 aliphatic carbocycles. The number of hydrogen-bond donors (Lipinski definition) is 3. The molecule has 1 heterocycles. The van der Waals surface area contributed by atoms with Gasteiger partial charge in [-0.05, 0) is 59.8 Å². The number of carbonyl (C=O) groups is 1. The van der Waals surface area contributed by atoms with Crippen LogP contribution in [0, 0.1) is 6.92 Å². The van der Waals surface area contributed by atoms with Crippen LogP contribution in [0.25, 0.3) is 10.9 Å². The number of nitrogens with one attached hydrogen (secondary N) is 2. The zero-order valence-electron chi connectivity index (χ0n) is 22.8. The fourth-order valence-corrected chi connectivity index (χ4v) is 4.12. The second-order valence-corrected chi connectivity index (χ2v) is 10.3. The molecule has 9 nitrogen and oxygen atoms in total. The van der Waals surface area contributed by atoms with Crippen LogP contribution in [0.15, 0.2) is 23.2 Å². The van der Waals surface area contributed by atoms with Gasteiger partial charge >= 0.3 is 0 Å². The summed E-state index contributed by atoms with van der Waals surface area (Å²) in [4.78, 5) is 29.1. The number of nitrogens with two attached hydrogens (primary N) is 1. The van der Waals surface area contributed by atoms with Gasteiger partial charge in [0, 0.05) is 38.0 Å². The van der Waals surface area contributed by atoms with Crippen molar-refractivity contribution in [2.24, 2.45) is 10.7 Å². The van der Waals surface area contributed by atoms with Gasteiger partial charge in [0.2, 0.25) is 5.82 Å². The normalized spacial score (nSPS) is 18.2. The van der Waals surface area contributed by atoms with Crippen LogP contribution in [-0.2, 0) is 4.74 Å². The lowest BCUT2D eigenvalue weighted by Crippen LogP contribution is -2.40. The molecule has 0 unspecified atom stereocenters. The van der Waals surface area contributed by atoms with Crippen LogP contribution < -0.4 is 16.4 Å². The van der Waals surface area contributed by atoms with Crippen molar-refractivity contribution in [2.75, 3.05) is 39.6 Å². The highest BCUT2D eigenvalue weighted by atomic mass is 35.5. The molecule has 11 heteroatoms. The predicted molar refractivity (Wildman–Crippen MR) is 157 cm³/mol. The number of anilines is 1. The van der Waals surface area contributed by atoms with E-state index in [-0.39, 0.29) is 48.6 Å². The molecule has 0 spiro atoms. The van der Waals surface area contributed by atoms with E-state index in [1.54, 1.807) is 7.11 Å². The number of benzene rings is 1. The molecular weight excluding hydrogens is 513 g/mol. The van der Waals surface area contributed by atoms with Gasteiger partial charge in [0.15, 0.2) is 0 Å². The number of nitrogens with zero attached hydrogens (tertiary/aromatic N) is 4. The summed E-state index contributed by atoms with van der Waals surface area (Å²) < 4.78 is 5.41. The summed E-state index contributed by atoms with van der Waals surface area (Å²) in [5.74, 6) is 1.15. The zero-order valence-corrected chi connectivity index (χ0v) is 24.5. The Balaban J connectivity index is 0.00000342. The quantitative estimate of drug-likeness (QED) is 0.300. The summed E-state index contributed by atoms with van der Waals surface area (Å²) in [6.45, 7) is 7.09. The van der Waals surface area contributed by atoms with Crippen LogP contribution in [0.5, 0.6) is 0 Å². The first-order chi connectivity index (χ1) is 16.6. The average Bonchev–Trinajstić information content (AvgIpc) is 2.82. The van der Waals surface area contributed by atoms with Gasteiger partial charge < -0.3 is 26.0 Å². The minimum absolute atomic E-state index is 0. The van der Waals surface area contributed by atoms with Gasteiger partial charge in [-0.3, -0.25) is 9.79 Å². The molecule has 1 amide bonds. The largest absolute Gasteiger partial charge is 0.387 e. The van der Waals surface area contributed by atoms with Gasteiger partial charge in [-0.2, -0.15) is 0 Å². The lowest BCUT2D eigenvalue weighted by Gasteiger charge is -2.31. The first-order valence-electron chi connectivity index (χ1n) is 12.4. The Morgan fingerprint density at radius 2 is 1.92 bits per heavy atom. The number of aliphatic imine (C=N–C) groups is 1. The van der Waals surface area contributed by atoms with Gasteiger partial charge in [-0.15, -0.1) is 24.8 Å². The fraction of sp³-hybridized carbons (Fsp3) is 0.615. The summed E-state index contributed by atoms with van der Waals surface area (Å²) in [5.41, 5.74) is 7.62. The first kappa shape index (κ1) is 32.8. The number of hydrogen-bond acceptors (Lipinski definition) is 7. The van der Waals surface area contributed by atoms with E-state index in [0.717, 1.165) is 55.1 Å². The third-order valence-electron chi connectivity index (χ3n) is 6.48. The summed E-state index contributed by atoms with van der Waals surface area (Å²) in [7, 11) is 5.69. The van der Waals surface area contributed by atoms with E-state index in [1.165, 1.54) is 0 Å². The topological polar surface area (TPSA) is 118 Å². The molecule has 0 saturated heterocycles. The van der Waals surface area contributed by atoms with Gasteiger partial charge in [-0.25, -0.2) is 9.97 Å². The van der Waals surface area contributed by atoms with E-state index in [4.69, 9.17) is 15.5 Å². The molecule has 208 valence electrons. The molecule has 0 radical (unpaired) electrons. The highest BCUT2D eigenvalue weighted by Crippen LogP contribution is 2.28. The van der Waals surface area contributed by atoms with E-state index in [2.05, 4.69) is 31.6 Å². The van der Waals surface area contributed by atoms with Crippen LogP contribution in [-0.4, -0.2) is 78.6 Å². The molecule has 1 aliphatic rings. The number of ether oxygens (including phenoxy) is 1. The molecule has 0 bridgehead atoms. The highest BCUT2D eigenvalue weighted by Gasteiger charge is 2.27. The minimum atomic E-state index is -0.482. The number of carbonyl (C=O) groups excluding carboxylic acids is 1. The monoisotopic (exact) mass is 555 g/mol. The molecule has 1 saturated carbocycles. The number of fused-ring (bicyclic) bond motifs is 1. The molecule has 1 fully saturated rings. The first-order valence-corrected chi connectivity index (χ1v) is 12.4. The standard InChI is InChI=1S/C26H41N7O2.2ClH/c1-17-11-12-19-18(15-17)23(32-24(30-19)25(34)28-16-26(2,3)35-6)31-21-10-8-7-9-20(21)29-22(27)13-14-33(4)5;;/h11-12,15,20-21H,7-10,13-14,16H2,1-6H3,(H2,27,29)(H,28,34)(H,30,31,32);2*1H/t20-,21+;;/m1../s1. The fourth-order valence-electron chi connectivity index (χ4n) is 4.12. The SMILES string of the molecule is COC(C)(C)CNC(=O)c1nc(N[C@H]2CCCC[C@H]2N=C(N)CCN(C)C)c2cc(C)ccc2n1.Cl.Cl. The molecule has 3 rings (SSSR count). The third-order valence-corrected chi connectivity index (χ3v) is 6.48. The third kappa shape index (κ3) is 9.56. The Morgan fingerprint density at radius 1 is 1.22 bits per heavy atom. The van der Waals surface area contributed by atoms with E-state index >= 15 is 0 Å². The molecular formula is C26H43Cl2N7O2. The maximum Gasteiger partial charge on any atom is 0.289 e. The summed E-state index contributed by atoms with van der Waals surface area (Å²) in [6.07, 6.45) is 4.93. The second kappa shape index (κ2) is 14.7. The molecule has 4 N–H and O–H groups in total. The van der Waals surface area contributed by atoms with E-state index in [0.29, 0.717) is 18.2 Å². The average molecular weight is 557 g/mol. The number of halogens is 2. The van der Waals surface area contributed by atoms with Crippen molar-refractivity contribution in [3.8, 4) is 0 Å². The molecule has 2 atom stereocenters. The molecule has 37 heavy (non-hydrogen) atoms. The van der Waals surface area contributed by atoms with Crippen molar-refractivity contribution in [3.05, 3.63) is 29.6 Å². The summed E-state index contributed by atoms with van der Waals surface area (Å²) in [5, 5.41) is 7.41. The number of aromatic nitrogens is 2. The smallest absolute Gasteiger partial charge is 0.289 e. The minimum Gasteiger partial charge on any atom is -0.387 e. The lowest BCUT2D eigenvalue weighted by molar-refractivity contribution is 0.0227. The molecule has 2 aromatic rings. The maximum absolute atomic E-state index is 12.9. The van der Waals surface area contributed by atoms with E-state index in [9.17, 15) is 4.79 Å². The molecule has 1 aromatic heterocycles. The van der Waals surface area contributed by atoms with Crippen molar-refractivity contribution in [1.82, 2.24) is 20.2 Å². The number of amidine groups is 1. The van der Waals surface area contributed by atoms with Gasteiger partial charge in [0.05, 0.1) is 23.0 Å². The van der Waals surface area contributed by atoms with Gasteiger partial charge in [-0.1, -0.05) is 24.5 Å². The van der Waals surface area contributed by atoms with Crippen LogP contribution in [0.1, 0.15) is 62.1 Å². The van der Waals surface area contributed by atoms with Crippen molar-refractivity contribution >= 4 is 53.3 Å². The van der Waals surface area contributed by atoms with Crippen molar-refractivity contribution in [2.45, 2.75) is 70.6 Å². The van der Waals surface area contributed by atoms with Crippen LogP contribution in [0.4, 0.5) is 5.82 Å². The number of aryl methyl sites for hydroxylation is 1. The number of amides is 1. The Labute approximate surface area is 233 Å². The van der Waals surface area contributed by atoms with Crippen molar-refractivity contribution in [1.29, 1.82) is 0 Å². The lowest BCUT2D eigenvalue weighted by atomic mass is 9.90. The predicted octanol–water partition coefficient (Wildman–Crippen LogP) is 3.97. The number of rotatable bonds is 10. The Bertz CT molecular complexity index is 1060. The van der Waals surface area contributed by atoms with Crippen molar-refractivity contribution < 1.29 is 9.53 Å². The Kier molecular flexibility index (Phi) is 13.0. The summed E-state index contributed by atoms with van der Waals surface area (Å²) >= 11 is 0. The molecule has 0 aliphatic heterocycles. The van der Waals surface area contributed by atoms with Gasteiger partial charge in [0.1, 0.15) is 5.82 Å². The second-order valence-electron chi connectivity index (χ2n) is 10.3. The van der Waals surface area contributed by atoms with Crippen LogP contribution in [0.3, 0.4) is 0 Å². The van der Waals surface area contributed by atoms with E-state index in [1.807, 2.05) is 47.0 Å². The Hall–Kier alpha value is -2.20. The van der Waals surface area contributed by atoms with Gasteiger partial charge in [0.25, 0.3) is 5.91 Å². The summed E-state index contributed by atoms with van der Waals surface area (Å²) in [6, 6.07) is 6.14. The highest BCUT2D eigenvalue weighted by molar-refractivity contribution is 5.96. The number of methoxy groups -OCH3 is 1. The van der Waals surface area contributed by atoms with Crippen molar-refractivity contribution in [3.63, 3.8) is 0 Å².